The number of rotatable bonds is 3. The maximum atomic E-state index is 12.5. The normalized spacial score (nSPS) is 11.6. The third-order valence-electron chi connectivity index (χ3n) is 2.33. The van der Waals surface area contributed by atoms with Crippen LogP contribution in [-0.2, 0) is 6.18 Å². The van der Waals surface area contributed by atoms with Crippen LogP contribution in [0.25, 0.3) is 0 Å². The summed E-state index contributed by atoms with van der Waals surface area (Å²) >= 11 is 0.729. The van der Waals surface area contributed by atoms with Crippen molar-refractivity contribution in [3.05, 3.63) is 33.8 Å². The van der Waals surface area contributed by atoms with Crippen LogP contribution < -0.4 is 5.84 Å². The van der Waals surface area contributed by atoms with E-state index in [1.54, 1.807) is 0 Å². The number of hydrogen-bond acceptors (Lipinski definition) is 7. The molecule has 0 amide bonds. The fourth-order valence-corrected chi connectivity index (χ4v) is 2.15. The molecule has 12 heteroatoms. The van der Waals surface area contributed by atoms with Crippen molar-refractivity contribution in [3.63, 3.8) is 0 Å². The zero-order chi connectivity index (χ0) is 15.8. The van der Waals surface area contributed by atoms with Gasteiger partial charge in [-0.2, -0.15) is 13.2 Å². The van der Waals surface area contributed by atoms with Crippen LogP contribution in [0.4, 0.5) is 18.9 Å². The molecule has 2 N–H and O–H groups in total. The predicted octanol–water partition coefficient (Wildman–Crippen LogP) is 1.77. The average Bonchev–Trinajstić information content (AvgIpc) is 2.73. The maximum Gasteiger partial charge on any atom is 0.453 e. The molecule has 2 aromatic rings. The molecule has 0 aromatic carbocycles. The first-order chi connectivity index (χ1) is 9.70. The molecule has 0 bridgehead atoms. The van der Waals surface area contributed by atoms with Crippen LogP contribution in [0.2, 0.25) is 0 Å². The van der Waals surface area contributed by atoms with Gasteiger partial charge in [0, 0.05) is 6.07 Å². The quantitative estimate of drug-likeness (QED) is 0.521. The van der Waals surface area contributed by atoms with E-state index in [1.807, 2.05) is 0 Å². The molecule has 21 heavy (non-hydrogen) atoms. The topological polar surface area (TPSA) is 113 Å². The summed E-state index contributed by atoms with van der Waals surface area (Å²) in [5.74, 6) is 3.94. The zero-order valence-electron chi connectivity index (χ0n) is 10.3. The van der Waals surface area contributed by atoms with Gasteiger partial charge in [0.2, 0.25) is 5.16 Å². The Morgan fingerprint density at radius 1 is 1.43 bits per heavy atom. The lowest BCUT2D eigenvalue weighted by molar-refractivity contribution is -0.385. The van der Waals surface area contributed by atoms with Gasteiger partial charge in [0.1, 0.15) is 11.2 Å². The Balaban J connectivity index is 2.31. The summed E-state index contributed by atoms with van der Waals surface area (Å²) in [6.45, 7) is 1.53. The first-order valence-electron chi connectivity index (χ1n) is 5.26. The summed E-state index contributed by atoms with van der Waals surface area (Å²) in [6, 6.07) is 1.25. The highest BCUT2D eigenvalue weighted by Gasteiger charge is 2.38. The molecule has 112 valence electrons. The number of aryl methyl sites for hydroxylation is 1. The molecule has 0 radical (unpaired) electrons. The summed E-state index contributed by atoms with van der Waals surface area (Å²) in [7, 11) is 0. The fourth-order valence-electron chi connectivity index (χ4n) is 1.38. The first kappa shape index (κ1) is 15.0. The minimum atomic E-state index is -4.72. The van der Waals surface area contributed by atoms with E-state index in [2.05, 4.69) is 15.2 Å². The Hall–Kier alpha value is -2.37. The van der Waals surface area contributed by atoms with Crippen molar-refractivity contribution in [2.24, 2.45) is 0 Å². The molecule has 0 fully saturated rings. The van der Waals surface area contributed by atoms with Gasteiger partial charge < -0.3 is 5.84 Å². The van der Waals surface area contributed by atoms with Crippen LogP contribution in [0.5, 0.6) is 0 Å². The number of hydrogen-bond donors (Lipinski definition) is 1. The molecule has 0 spiro atoms. The lowest BCUT2D eigenvalue weighted by Gasteiger charge is -2.06. The van der Waals surface area contributed by atoms with Crippen molar-refractivity contribution in [1.29, 1.82) is 0 Å². The van der Waals surface area contributed by atoms with Gasteiger partial charge in [-0.25, -0.2) is 9.66 Å². The van der Waals surface area contributed by atoms with Gasteiger partial charge in [0.25, 0.3) is 11.5 Å². The molecule has 2 aromatic heterocycles. The Morgan fingerprint density at radius 3 is 2.57 bits per heavy atom. The largest absolute Gasteiger partial charge is 0.453 e. The smallest absolute Gasteiger partial charge is 0.335 e. The summed E-state index contributed by atoms with van der Waals surface area (Å²) in [5.41, 5.74) is 0.188. The second-order valence-corrected chi connectivity index (χ2v) is 4.80. The molecule has 0 aliphatic carbocycles. The lowest BCUT2D eigenvalue weighted by Crippen LogP contribution is -2.21. The number of nitrogens with two attached hydrogens (primary N) is 1. The van der Waals surface area contributed by atoms with Crippen molar-refractivity contribution in [2.75, 3.05) is 5.84 Å². The van der Waals surface area contributed by atoms with Gasteiger partial charge in [-0.1, -0.05) is 0 Å². The van der Waals surface area contributed by atoms with Crippen molar-refractivity contribution in [2.45, 2.75) is 23.3 Å². The molecule has 0 saturated heterocycles. The first-order valence-corrected chi connectivity index (χ1v) is 6.08. The molecule has 0 aliphatic heterocycles. The van der Waals surface area contributed by atoms with Crippen LogP contribution in [0, 0.1) is 17.0 Å². The molecule has 0 saturated carbocycles. The van der Waals surface area contributed by atoms with Gasteiger partial charge >= 0.3 is 6.18 Å². The molecule has 0 aliphatic rings. The lowest BCUT2D eigenvalue weighted by atomic mass is 10.3. The highest BCUT2D eigenvalue weighted by molar-refractivity contribution is 7.99. The summed E-state index contributed by atoms with van der Waals surface area (Å²) in [4.78, 5) is 13.8. The van der Waals surface area contributed by atoms with Crippen LogP contribution in [0.1, 0.15) is 11.4 Å². The maximum absolute atomic E-state index is 12.5. The number of pyridine rings is 1. The van der Waals surface area contributed by atoms with Crippen LogP contribution in [-0.4, -0.2) is 24.8 Å². The highest BCUT2D eigenvalue weighted by Crippen LogP contribution is 2.32. The number of aromatic nitrogens is 4. The fraction of sp³-hybridized carbons (Fsp3) is 0.222. The summed E-state index contributed by atoms with van der Waals surface area (Å²) in [5, 5.41) is 16.9. The highest BCUT2D eigenvalue weighted by atomic mass is 32.2. The summed E-state index contributed by atoms with van der Waals surface area (Å²) < 4.78 is 37.9. The van der Waals surface area contributed by atoms with Crippen LogP contribution in [0.3, 0.4) is 0 Å². The molecule has 2 rings (SSSR count). The Labute approximate surface area is 119 Å². The second kappa shape index (κ2) is 5.20. The van der Waals surface area contributed by atoms with E-state index in [-0.39, 0.29) is 15.9 Å². The molecule has 8 nitrogen and oxygen atoms in total. The Kier molecular flexibility index (Phi) is 3.72. The number of nitrogens with zero attached hydrogens (tertiary/aromatic N) is 5. The standard InChI is InChI=1S/C9H7F3N6O2S/c1-4-2-5(18(19)20)3-14-6(4)21-8-16-15-7(17(8)13)9(10,11)12/h2-3H,13H2,1H3. The third-order valence-corrected chi connectivity index (χ3v) is 3.41. The van der Waals surface area contributed by atoms with E-state index in [9.17, 15) is 23.3 Å². The Bertz CT molecular complexity index is 701. The van der Waals surface area contributed by atoms with E-state index in [0.29, 0.717) is 10.2 Å². The molecule has 2 heterocycles. The third kappa shape index (κ3) is 3.04. The summed E-state index contributed by atoms with van der Waals surface area (Å²) in [6.07, 6.45) is -3.73. The van der Waals surface area contributed by atoms with Crippen molar-refractivity contribution < 1.29 is 18.1 Å². The van der Waals surface area contributed by atoms with Gasteiger partial charge in [-0.15, -0.1) is 10.2 Å². The Morgan fingerprint density at radius 2 is 2.10 bits per heavy atom. The van der Waals surface area contributed by atoms with Gasteiger partial charge in [-0.3, -0.25) is 10.1 Å². The van der Waals surface area contributed by atoms with Crippen molar-refractivity contribution >= 4 is 17.4 Å². The molecule has 0 unspecified atom stereocenters. The predicted molar refractivity (Wildman–Crippen MR) is 64.9 cm³/mol. The van der Waals surface area contributed by atoms with E-state index < -0.39 is 16.9 Å². The molecular weight excluding hydrogens is 313 g/mol. The SMILES string of the molecule is Cc1cc([N+](=O)[O-])cnc1Sc1nnc(C(F)(F)F)n1N. The van der Waals surface area contributed by atoms with E-state index in [0.717, 1.165) is 18.0 Å². The number of alkyl halides is 3. The van der Waals surface area contributed by atoms with E-state index in [1.165, 1.54) is 13.0 Å². The number of nitro groups is 1. The van der Waals surface area contributed by atoms with E-state index in [4.69, 9.17) is 5.84 Å². The van der Waals surface area contributed by atoms with Gasteiger partial charge in [-0.05, 0) is 24.2 Å². The number of halogens is 3. The average molecular weight is 320 g/mol. The van der Waals surface area contributed by atoms with Crippen molar-refractivity contribution in [3.8, 4) is 0 Å². The van der Waals surface area contributed by atoms with Gasteiger partial charge in [0.15, 0.2) is 0 Å². The zero-order valence-corrected chi connectivity index (χ0v) is 11.1. The number of nitrogen functional groups attached to an aromatic ring is 1. The minimum Gasteiger partial charge on any atom is -0.335 e. The molecule has 0 atom stereocenters. The van der Waals surface area contributed by atoms with Crippen molar-refractivity contribution in [1.82, 2.24) is 19.9 Å². The van der Waals surface area contributed by atoms with Crippen LogP contribution in [0.15, 0.2) is 22.4 Å². The monoisotopic (exact) mass is 320 g/mol. The second-order valence-electron chi connectivity index (χ2n) is 3.85. The van der Waals surface area contributed by atoms with Gasteiger partial charge in [0.05, 0.1) is 4.92 Å². The molecular formula is C9H7F3N6O2S. The minimum absolute atomic E-state index is 0.220. The van der Waals surface area contributed by atoms with Crippen LogP contribution >= 0.6 is 11.8 Å². The van der Waals surface area contributed by atoms with E-state index >= 15 is 0 Å².